The van der Waals surface area contributed by atoms with Crippen LogP contribution in [0.1, 0.15) is 25.5 Å². The number of hydrogen-bond donors (Lipinski definition) is 1. The topological polar surface area (TPSA) is 33.1 Å². The molecular formula is C13H15NO. The molecule has 0 amide bonds. The number of phenolic OH excluding ortho intramolecular Hbond substituents is 1. The van der Waals surface area contributed by atoms with Gasteiger partial charge in [-0.25, -0.2) is 0 Å². The number of unbranched alkanes of at least 4 members (excludes halogenated alkanes) is 1. The first kappa shape index (κ1) is 9.97. The lowest BCUT2D eigenvalue weighted by molar-refractivity contribution is 0.476. The SMILES string of the molecule is CCCCc1ccc2cc(O)ccc2n1. The number of fused-ring (bicyclic) bond motifs is 1. The molecule has 1 N–H and O–H groups in total. The molecule has 0 aliphatic heterocycles. The van der Waals surface area contributed by atoms with Gasteiger partial charge >= 0.3 is 0 Å². The van der Waals surface area contributed by atoms with Crippen molar-refractivity contribution >= 4 is 10.9 Å². The summed E-state index contributed by atoms with van der Waals surface area (Å²) in [4.78, 5) is 4.54. The van der Waals surface area contributed by atoms with Crippen molar-refractivity contribution in [2.45, 2.75) is 26.2 Å². The molecule has 2 nitrogen and oxygen atoms in total. The average Bonchev–Trinajstić information content (AvgIpc) is 2.26. The number of aryl methyl sites for hydroxylation is 1. The Kier molecular flexibility index (Phi) is 2.86. The number of pyridine rings is 1. The quantitative estimate of drug-likeness (QED) is 0.826. The summed E-state index contributed by atoms with van der Waals surface area (Å²) in [5.74, 6) is 0.297. The Morgan fingerprint density at radius 3 is 2.87 bits per heavy atom. The van der Waals surface area contributed by atoms with Gasteiger partial charge in [0.1, 0.15) is 5.75 Å². The van der Waals surface area contributed by atoms with Gasteiger partial charge in [-0.3, -0.25) is 4.98 Å². The van der Waals surface area contributed by atoms with Gasteiger partial charge in [0.15, 0.2) is 0 Å². The molecule has 2 rings (SSSR count). The van der Waals surface area contributed by atoms with Gasteiger partial charge in [0.05, 0.1) is 5.52 Å². The lowest BCUT2D eigenvalue weighted by Gasteiger charge is -2.02. The summed E-state index contributed by atoms with van der Waals surface area (Å²) in [6.07, 6.45) is 3.40. The smallest absolute Gasteiger partial charge is 0.116 e. The van der Waals surface area contributed by atoms with Crippen LogP contribution < -0.4 is 0 Å². The van der Waals surface area contributed by atoms with E-state index in [9.17, 15) is 5.11 Å². The van der Waals surface area contributed by atoms with Gasteiger partial charge < -0.3 is 5.11 Å². The number of rotatable bonds is 3. The highest BCUT2D eigenvalue weighted by atomic mass is 16.3. The number of aromatic nitrogens is 1. The predicted molar refractivity (Wildman–Crippen MR) is 62.0 cm³/mol. The minimum Gasteiger partial charge on any atom is -0.508 e. The van der Waals surface area contributed by atoms with Crippen molar-refractivity contribution in [2.24, 2.45) is 0 Å². The van der Waals surface area contributed by atoms with E-state index in [4.69, 9.17) is 0 Å². The Balaban J connectivity index is 2.34. The zero-order valence-electron chi connectivity index (χ0n) is 8.90. The van der Waals surface area contributed by atoms with E-state index in [1.165, 1.54) is 12.8 Å². The van der Waals surface area contributed by atoms with E-state index in [0.717, 1.165) is 23.0 Å². The Bertz CT molecular complexity index is 465. The lowest BCUT2D eigenvalue weighted by atomic mass is 10.1. The van der Waals surface area contributed by atoms with Crippen LogP contribution in [0.15, 0.2) is 30.3 Å². The molecule has 78 valence electrons. The molecule has 0 aliphatic rings. The standard InChI is InChI=1S/C13H15NO/c1-2-3-4-11-6-5-10-9-12(15)7-8-13(10)14-11/h5-9,15H,2-4H2,1H3. The number of benzene rings is 1. The molecule has 1 heterocycles. The van der Waals surface area contributed by atoms with Gasteiger partial charge in [-0.05, 0) is 37.1 Å². The summed E-state index contributed by atoms with van der Waals surface area (Å²) in [5.41, 5.74) is 2.09. The first-order chi connectivity index (χ1) is 7.29. The van der Waals surface area contributed by atoms with Crippen LogP contribution in [-0.4, -0.2) is 10.1 Å². The lowest BCUT2D eigenvalue weighted by Crippen LogP contribution is -1.90. The summed E-state index contributed by atoms with van der Waals surface area (Å²) in [5, 5.41) is 10.3. The fourth-order valence-electron chi connectivity index (χ4n) is 1.65. The Morgan fingerprint density at radius 2 is 2.07 bits per heavy atom. The highest BCUT2D eigenvalue weighted by Gasteiger charge is 1.99. The maximum Gasteiger partial charge on any atom is 0.116 e. The number of nitrogens with zero attached hydrogens (tertiary/aromatic N) is 1. The molecule has 0 spiro atoms. The summed E-state index contributed by atoms with van der Waals surface area (Å²) < 4.78 is 0. The second kappa shape index (κ2) is 4.30. The molecule has 0 fully saturated rings. The van der Waals surface area contributed by atoms with E-state index < -0.39 is 0 Å². The van der Waals surface area contributed by atoms with Gasteiger partial charge in [-0.1, -0.05) is 19.4 Å². The molecular weight excluding hydrogens is 186 g/mol. The van der Waals surface area contributed by atoms with E-state index >= 15 is 0 Å². The third kappa shape index (κ3) is 2.27. The highest BCUT2D eigenvalue weighted by Crippen LogP contribution is 2.19. The molecule has 2 aromatic rings. The van der Waals surface area contributed by atoms with Crippen molar-refractivity contribution in [1.82, 2.24) is 4.98 Å². The molecule has 0 bridgehead atoms. The molecule has 0 radical (unpaired) electrons. The molecule has 15 heavy (non-hydrogen) atoms. The van der Waals surface area contributed by atoms with Crippen LogP contribution in [0.25, 0.3) is 10.9 Å². The van der Waals surface area contributed by atoms with Crippen molar-refractivity contribution in [1.29, 1.82) is 0 Å². The summed E-state index contributed by atoms with van der Waals surface area (Å²) in [6.45, 7) is 2.18. The molecule has 0 saturated heterocycles. The zero-order valence-corrected chi connectivity index (χ0v) is 8.90. The molecule has 2 heteroatoms. The highest BCUT2D eigenvalue weighted by molar-refractivity contribution is 5.80. The van der Waals surface area contributed by atoms with Gasteiger partial charge in [0, 0.05) is 11.1 Å². The van der Waals surface area contributed by atoms with Crippen LogP contribution in [0.2, 0.25) is 0 Å². The second-order valence-electron chi connectivity index (χ2n) is 3.78. The molecule has 1 aromatic heterocycles. The van der Waals surface area contributed by atoms with Gasteiger partial charge in [-0.2, -0.15) is 0 Å². The fraction of sp³-hybridized carbons (Fsp3) is 0.308. The molecule has 0 unspecified atom stereocenters. The van der Waals surface area contributed by atoms with E-state index in [0.29, 0.717) is 5.75 Å². The fourth-order valence-corrected chi connectivity index (χ4v) is 1.65. The summed E-state index contributed by atoms with van der Waals surface area (Å²) in [7, 11) is 0. The van der Waals surface area contributed by atoms with Crippen molar-refractivity contribution < 1.29 is 5.11 Å². The van der Waals surface area contributed by atoms with Crippen LogP contribution in [0, 0.1) is 0 Å². The largest absolute Gasteiger partial charge is 0.508 e. The third-order valence-corrected chi connectivity index (χ3v) is 2.52. The van der Waals surface area contributed by atoms with Crippen molar-refractivity contribution in [3.05, 3.63) is 36.0 Å². The van der Waals surface area contributed by atoms with Crippen molar-refractivity contribution in [3.63, 3.8) is 0 Å². The van der Waals surface area contributed by atoms with Crippen molar-refractivity contribution in [3.8, 4) is 5.75 Å². The van der Waals surface area contributed by atoms with Crippen LogP contribution in [0.5, 0.6) is 5.75 Å². The van der Waals surface area contributed by atoms with Crippen LogP contribution >= 0.6 is 0 Å². The molecule has 1 aromatic carbocycles. The number of phenols is 1. The average molecular weight is 201 g/mol. The second-order valence-corrected chi connectivity index (χ2v) is 3.78. The molecule has 0 saturated carbocycles. The van der Waals surface area contributed by atoms with E-state index in [1.807, 2.05) is 18.2 Å². The van der Waals surface area contributed by atoms with Gasteiger partial charge in [0.25, 0.3) is 0 Å². The minimum absolute atomic E-state index is 0.297. The van der Waals surface area contributed by atoms with E-state index in [-0.39, 0.29) is 0 Å². The maximum atomic E-state index is 9.31. The van der Waals surface area contributed by atoms with E-state index in [1.54, 1.807) is 12.1 Å². The van der Waals surface area contributed by atoms with Crippen LogP contribution in [0.4, 0.5) is 0 Å². The zero-order chi connectivity index (χ0) is 10.7. The number of aromatic hydroxyl groups is 1. The van der Waals surface area contributed by atoms with Gasteiger partial charge in [0.2, 0.25) is 0 Å². The summed E-state index contributed by atoms with van der Waals surface area (Å²) in [6, 6.07) is 9.34. The molecule has 0 atom stereocenters. The van der Waals surface area contributed by atoms with Crippen molar-refractivity contribution in [2.75, 3.05) is 0 Å². The third-order valence-electron chi connectivity index (χ3n) is 2.52. The Morgan fingerprint density at radius 1 is 1.20 bits per heavy atom. The maximum absolute atomic E-state index is 9.31. The number of hydrogen-bond acceptors (Lipinski definition) is 2. The van der Waals surface area contributed by atoms with E-state index in [2.05, 4.69) is 11.9 Å². The monoisotopic (exact) mass is 201 g/mol. The first-order valence-corrected chi connectivity index (χ1v) is 5.38. The first-order valence-electron chi connectivity index (χ1n) is 5.38. The van der Waals surface area contributed by atoms with Gasteiger partial charge in [-0.15, -0.1) is 0 Å². The minimum atomic E-state index is 0.297. The molecule has 0 aliphatic carbocycles. The summed E-state index contributed by atoms with van der Waals surface area (Å²) >= 11 is 0. The van der Waals surface area contributed by atoms with Crippen LogP contribution in [-0.2, 0) is 6.42 Å². The Hall–Kier alpha value is -1.57. The predicted octanol–water partition coefficient (Wildman–Crippen LogP) is 3.28. The Labute approximate surface area is 89.6 Å². The normalized spacial score (nSPS) is 10.7. The van der Waals surface area contributed by atoms with Crippen LogP contribution in [0.3, 0.4) is 0 Å².